The number of aromatic nitrogens is 6. The average molecular weight is 463 g/mol. The van der Waals surface area contributed by atoms with E-state index in [0.717, 1.165) is 22.4 Å². The Balaban J connectivity index is 1.44. The second-order valence-corrected chi connectivity index (χ2v) is 8.78. The highest BCUT2D eigenvalue weighted by molar-refractivity contribution is 7.99. The standard InChI is InChI=1S/C23H22N6OS2/c1-3-14-29-20(24-27-23(29)31-15-19(30)17-10-6-4-7-11-17)16-32-22-26-25-21(28(22)2)18-12-8-5-9-13-18/h3-13H,1,14-16H2,2H3. The van der Waals surface area contributed by atoms with Crippen molar-refractivity contribution in [3.05, 3.63) is 84.7 Å². The van der Waals surface area contributed by atoms with Gasteiger partial charge in [0, 0.05) is 24.7 Å². The Morgan fingerprint density at radius 2 is 1.62 bits per heavy atom. The first-order chi connectivity index (χ1) is 15.7. The van der Waals surface area contributed by atoms with Gasteiger partial charge in [0.2, 0.25) is 0 Å². The minimum Gasteiger partial charge on any atom is -0.305 e. The van der Waals surface area contributed by atoms with Gasteiger partial charge in [-0.05, 0) is 0 Å². The highest BCUT2D eigenvalue weighted by Gasteiger charge is 2.17. The van der Waals surface area contributed by atoms with E-state index in [9.17, 15) is 4.79 Å². The first-order valence-corrected chi connectivity index (χ1v) is 12.0. The molecule has 0 atom stereocenters. The first kappa shape index (κ1) is 22.0. The molecule has 0 amide bonds. The van der Waals surface area contributed by atoms with Gasteiger partial charge < -0.3 is 9.13 Å². The third kappa shape index (κ3) is 5.00. The van der Waals surface area contributed by atoms with Crippen LogP contribution in [0.5, 0.6) is 0 Å². The van der Waals surface area contributed by atoms with E-state index in [4.69, 9.17) is 0 Å². The van der Waals surface area contributed by atoms with Crippen LogP contribution >= 0.6 is 23.5 Å². The lowest BCUT2D eigenvalue weighted by Gasteiger charge is -2.08. The molecule has 0 N–H and O–H groups in total. The summed E-state index contributed by atoms with van der Waals surface area (Å²) in [5.74, 6) is 2.56. The molecule has 4 aromatic rings. The average Bonchev–Trinajstić information content (AvgIpc) is 3.40. The summed E-state index contributed by atoms with van der Waals surface area (Å²) in [6, 6.07) is 19.2. The second kappa shape index (κ2) is 10.4. The molecule has 7 nitrogen and oxygen atoms in total. The van der Waals surface area contributed by atoms with Gasteiger partial charge in [0.25, 0.3) is 0 Å². The van der Waals surface area contributed by atoms with E-state index in [1.807, 2.05) is 76.8 Å². The highest BCUT2D eigenvalue weighted by Crippen LogP contribution is 2.26. The van der Waals surface area contributed by atoms with Crippen LogP contribution in [0.1, 0.15) is 16.2 Å². The van der Waals surface area contributed by atoms with Crippen molar-refractivity contribution in [2.24, 2.45) is 7.05 Å². The molecule has 0 aliphatic heterocycles. The van der Waals surface area contributed by atoms with E-state index in [0.29, 0.717) is 28.8 Å². The third-order valence-electron chi connectivity index (χ3n) is 4.73. The van der Waals surface area contributed by atoms with Crippen LogP contribution in [0.15, 0.2) is 83.6 Å². The van der Waals surface area contributed by atoms with Crippen molar-refractivity contribution in [3.63, 3.8) is 0 Å². The molecule has 0 saturated heterocycles. The number of carbonyl (C=O) groups is 1. The van der Waals surface area contributed by atoms with Gasteiger partial charge in [0.05, 0.1) is 11.5 Å². The molecule has 0 spiro atoms. The lowest BCUT2D eigenvalue weighted by molar-refractivity contribution is 0.102. The number of hydrogen-bond donors (Lipinski definition) is 0. The fraction of sp³-hybridized carbons (Fsp3) is 0.174. The quantitative estimate of drug-likeness (QED) is 0.195. The molecule has 0 unspecified atom stereocenters. The molecular formula is C23H22N6OS2. The maximum absolute atomic E-state index is 12.4. The van der Waals surface area contributed by atoms with Crippen LogP contribution in [0.25, 0.3) is 11.4 Å². The highest BCUT2D eigenvalue weighted by atomic mass is 32.2. The Bertz CT molecular complexity index is 1200. The molecular weight excluding hydrogens is 440 g/mol. The molecule has 0 aliphatic carbocycles. The van der Waals surface area contributed by atoms with Crippen molar-refractivity contribution < 1.29 is 4.79 Å². The topological polar surface area (TPSA) is 78.5 Å². The Morgan fingerprint density at radius 3 is 2.34 bits per heavy atom. The van der Waals surface area contributed by atoms with Crippen LogP contribution in [0.4, 0.5) is 0 Å². The molecule has 2 aromatic heterocycles. The van der Waals surface area contributed by atoms with E-state index < -0.39 is 0 Å². The zero-order chi connectivity index (χ0) is 22.3. The smallest absolute Gasteiger partial charge is 0.191 e. The summed E-state index contributed by atoms with van der Waals surface area (Å²) >= 11 is 2.93. The number of nitrogens with zero attached hydrogens (tertiary/aromatic N) is 6. The van der Waals surface area contributed by atoms with Gasteiger partial charge in [-0.2, -0.15) is 0 Å². The molecule has 32 heavy (non-hydrogen) atoms. The fourth-order valence-corrected chi connectivity index (χ4v) is 4.80. The summed E-state index contributed by atoms with van der Waals surface area (Å²) in [6.07, 6.45) is 1.80. The van der Waals surface area contributed by atoms with Gasteiger partial charge in [0.1, 0.15) is 5.82 Å². The van der Waals surface area contributed by atoms with E-state index in [1.54, 1.807) is 17.8 Å². The van der Waals surface area contributed by atoms with Crippen molar-refractivity contribution in [1.82, 2.24) is 29.5 Å². The SMILES string of the molecule is C=CCn1c(CSc2nnc(-c3ccccc3)n2C)nnc1SCC(=O)c1ccccc1. The molecule has 9 heteroatoms. The molecule has 0 bridgehead atoms. The summed E-state index contributed by atoms with van der Waals surface area (Å²) in [5, 5.41) is 18.8. The van der Waals surface area contributed by atoms with Crippen LogP contribution in [0.2, 0.25) is 0 Å². The predicted molar refractivity (Wildman–Crippen MR) is 128 cm³/mol. The van der Waals surface area contributed by atoms with Crippen LogP contribution in [0.3, 0.4) is 0 Å². The monoisotopic (exact) mass is 462 g/mol. The number of Topliss-reactive ketones (excluding diaryl/α,β-unsaturated/α-hetero) is 1. The minimum absolute atomic E-state index is 0.0622. The minimum atomic E-state index is 0.0622. The summed E-state index contributed by atoms with van der Waals surface area (Å²) in [5.41, 5.74) is 1.72. The zero-order valence-electron chi connectivity index (χ0n) is 17.6. The van der Waals surface area contributed by atoms with Gasteiger partial charge in [-0.3, -0.25) is 4.79 Å². The van der Waals surface area contributed by atoms with Gasteiger partial charge in [-0.15, -0.1) is 27.0 Å². The summed E-state index contributed by atoms with van der Waals surface area (Å²) in [6.45, 7) is 4.41. The Morgan fingerprint density at radius 1 is 0.938 bits per heavy atom. The molecule has 0 aliphatic rings. The van der Waals surface area contributed by atoms with Crippen LogP contribution in [0, 0.1) is 0 Å². The van der Waals surface area contributed by atoms with Gasteiger partial charge in [-0.1, -0.05) is 90.3 Å². The molecule has 2 heterocycles. The van der Waals surface area contributed by atoms with Crippen LogP contribution < -0.4 is 0 Å². The summed E-state index contributed by atoms with van der Waals surface area (Å²) in [4.78, 5) is 12.4. The summed E-state index contributed by atoms with van der Waals surface area (Å²) < 4.78 is 3.96. The first-order valence-electron chi connectivity index (χ1n) is 9.99. The number of carbonyl (C=O) groups excluding carboxylic acids is 1. The fourth-order valence-electron chi connectivity index (χ4n) is 3.09. The van der Waals surface area contributed by atoms with Gasteiger partial charge in [0.15, 0.2) is 21.9 Å². The Labute approximate surface area is 195 Å². The number of rotatable bonds is 10. The predicted octanol–water partition coefficient (Wildman–Crippen LogP) is 4.53. The van der Waals surface area contributed by atoms with Crippen molar-refractivity contribution >= 4 is 29.3 Å². The van der Waals surface area contributed by atoms with Gasteiger partial charge in [-0.25, -0.2) is 0 Å². The normalized spacial score (nSPS) is 10.9. The molecule has 0 saturated carbocycles. The van der Waals surface area contributed by atoms with E-state index >= 15 is 0 Å². The molecule has 0 radical (unpaired) electrons. The zero-order valence-corrected chi connectivity index (χ0v) is 19.2. The van der Waals surface area contributed by atoms with Crippen LogP contribution in [-0.4, -0.2) is 41.1 Å². The summed E-state index contributed by atoms with van der Waals surface area (Å²) in [7, 11) is 1.95. The van der Waals surface area contributed by atoms with E-state index in [1.165, 1.54) is 11.8 Å². The number of thioether (sulfide) groups is 2. The second-order valence-electron chi connectivity index (χ2n) is 6.90. The van der Waals surface area contributed by atoms with Crippen molar-refractivity contribution in [2.75, 3.05) is 5.75 Å². The lowest BCUT2D eigenvalue weighted by Crippen LogP contribution is -2.06. The number of allylic oxidation sites excluding steroid dienone is 1. The molecule has 162 valence electrons. The van der Waals surface area contributed by atoms with Crippen molar-refractivity contribution in [3.8, 4) is 11.4 Å². The maximum Gasteiger partial charge on any atom is 0.191 e. The molecule has 2 aromatic carbocycles. The lowest BCUT2D eigenvalue weighted by atomic mass is 10.2. The number of ketones is 1. The number of hydrogen-bond acceptors (Lipinski definition) is 7. The Kier molecular flexibility index (Phi) is 7.18. The molecule has 4 rings (SSSR count). The van der Waals surface area contributed by atoms with E-state index in [2.05, 4.69) is 27.0 Å². The number of benzene rings is 2. The maximum atomic E-state index is 12.4. The molecule has 0 fully saturated rings. The largest absolute Gasteiger partial charge is 0.305 e. The van der Waals surface area contributed by atoms with Crippen molar-refractivity contribution in [2.45, 2.75) is 22.6 Å². The van der Waals surface area contributed by atoms with Crippen LogP contribution in [-0.2, 0) is 19.3 Å². The Hall–Kier alpha value is -3.17. The van der Waals surface area contributed by atoms with E-state index in [-0.39, 0.29) is 5.78 Å². The van der Waals surface area contributed by atoms with Gasteiger partial charge >= 0.3 is 0 Å². The van der Waals surface area contributed by atoms with Crippen molar-refractivity contribution in [1.29, 1.82) is 0 Å². The third-order valence-corrected chi connectivity index (χ3v) is 6.71.